The van der Waals surface area contributed by atoms with Crippen molar-refractivity contribution in [3.63, 3.8) is 0 Å². The van der Waals surface area contributed by atoms with Gasteiger partial charge in [-0.2, -0.15) is 13.2 Å². The first-order valence-corrected chi connectivity index (χ1v) is 7.13. The van der Waals surface area contributed by atoms with Crippen molar-refractivity contribution in [1.29, 1.82) is 0 Å². The van der Waals surface area contributed by atoms with Crippen molar-refractivity contribution in [3.8, 4) is 5.75 Å². The van der Waals surface area contributed by atoms with Crippen LogP contribution in [0.5, 0.6) is 5.75 Å². The van der Waals surface area contributed by atoms with E-state index in [1.54, 1.807) is 0 Å². The van der Waals surface area contributed by atoms with Crippen LogP contribution in [0.3, 0.4) is 0 Å². The highest BCUT2D eigenvalue weighted by atomic mass is 19.4. The summed E-state index contributed by atoms with van der Waals surface area (Å²) in [6.45, 7) is 3.70. The van der Waals surface area contributed by atoms with Crippen LogP contribution < -0.4 is 4.74 Å². The maximum atomic E-state index is 13.2. The highest BCUT2D eigenvalue weighted by Crippen LogP contribution is 2.32. The third kappa shape index (κ3) is 4.92. The predicted octanol–water partition coefficient (Wildman–Crippen LogP) is 4.82. The summed E-state index contributed by atoms with van der Waals surface area (Å²) < 4.78 is 70.6. The van der Waals surface area contributed by atoms with Crippen molar-refractivity contribution >= 4 is 0 Å². The molecule has 0 heterocycles. The molecule has 2 nitrogen and oxygen atoms in total. The number of aliphatic hydroxyl groups excluding tert-OH is 1. The molecule has 1 N–H and O–H groups in total. The Labute approximate surface area is 135 Å². The number of hydrogen-bond donors (Lipinski definition) is 1. The Balaban J connectivity index is 2.35. The fourth-order valence-electron chi connectivity index (χ4n) is 2.21. The minimum atomic E-state index is -4.60. The molecule has 130 valence electrons. The molecule has 0 bridgehead atoms. The maximum absolute atomic E-state index is 13.2. The maximum Gasteiger partial charge on any atom is 0.412 e. The summed E-state index contributed by atoms with van der Waals surface area (Å²) in [5, 5.41) is 9.69. The average molecular weight is 346 g/mol. The van der Waals surface area contributed by atoms with Crippen LogP contribution in [-0.2, 0) is 0 Å². The van der Waals surface area contributed by atoms with Crippen molar-refractivity contribution in [2.45, 2.75) is 31.5 Å². The minimum absolute atomic E-state index is 0.0455. The highest BCUT2D eigenvalue weighted by molar-refractivity contribution is 5.35. The number of rotatable bonds is 2. The number of ether oxygens (including phenoxy) is 1. The van der Waals surface area contributed by atoms with Gasteiger partial charge in [0.05, 0.1) is 6.10 Å². The lowest BCUT2D eigenvalue weighted by Crippen LogP contribution is -2.18. The van der Waals surface area contributed by atoms with Gasteiger partial charge in [-0.25, -0.2) is 8.78 Å². The molecule has 0 fully saturated rings. The zero-order valence-electron chi connectivity index (χ0n) is 12.5. The zero-order valence-corrected chi connectivity index (χ0v) is 12.5. The molecule has 1 aromatic carbocycles. The van der Waals surface area contributed by atoms with Gasteiger partial charge >= 0.3 is 6.18 Å². The fourth-order valence-corrected chi connectivity index (χ4v) is 2.21. The molecule has 1 aromatic rings. The predicted molar refractivity (Wildman–Crippen MR) is 78.2 cm³/mol. The Morgan fingerprint density at radius 3 is 2.29 bits per heavy atom. The summed E-state index contributed by atoms with van der Waals surface area (Å²) in [4.78, 5) is 0. The van der Waals surface area contributed by atoms with Gasteiger partial charge < -0.3 is 9.84 Å². The molecule has 0 spiro atoms. The van der Waals surface area contributed by atoms with E-state index in [1.807, 2.05) is 0 Å². The molecule has 1 atom stereocenters. The molecule has 24 heavy (non-hydrogen) atoms. The average Bonchev–Trinajstić information content (AvgIpc) is 2.50. The lowest BCUT2D eigenvalue weighted by Gasteiger charge is -2.15. The Hall–Kier alpha value is -2.15. The second kappa shape index (κ2) is 7.17. The third-order valence-corrected chi connectivity index (χ3v) is 3.45. The smallest absolute Gasteiger partial charge is 0.412 e. The number of aliphatic hydroxyl groups is 1. The third-order valence-electron chi connectivity index (χ3n) is 3.45. The summed E-state index contributed by atoms with van der Waals surface area (Å²) >= 11 is 0. The quantitative estimate of drug-likeness (QED) is 0.778. The van der Waals surface area contributed by atoms with E-state index >= 15 is 0 Å². The Bertz CT molecular complexity index is 668. The zero-order chi connectivity index (χ0) is 17.9. The first-order valence-electron chi connectivity index (χ1n) is 7.13. The molecular weight excluding hydrogens is 331 g/mol. The first-order chi connectivity index (χ1) is 11.1. The van der Waals surface area contributed by atoms with Crippen LogP contribution in [0.15, 0.2) is 53.8 Å². The van der Waals surface area contributed by atoms with Crippen LogP contribution in [0, 0.1) is 11.6 Å². The van der Waals surface area contributed by atoms with Crippen LogP contribution in [0.1, 0.15) is 19.3 Å². The van der Waals surface area contributed by atoms with Crippen molar-refractivity contribution in [2.75, 3.05) is 0 Å². The molecule has 2 rings (SSSR count). The number of alkyl halides is 3. The van der Waals surface area contributed by atoms with E-state index in [-0.39, 0.29) is 24.4 Å². The molecule has 1 aliphatic rings. The topological polar surface area (TPSA) is 29.5 Å². The normalized spacial score (nSPS) is 21.9. The monoisotopic (exact) mass is 346 g/mol. The summed E-state index contributed by atoms with van der Waals surface area (Å²) in [5.74, 6) is -1.99. The largest absolute Gasteiger partial charge is 0.457 e. The molecule has 0 saturated heterocycles. The van der Waals surface area contributed by atoms with E-state index < -0.39 is 35.9 Å². The van der Waals surface area contributed by atoms with Crippen molar-refractivity contribution < 1.29 is 31.8 Å². The molecule has 7 heteroatoms. The van der Waals surface area contributed by atoms with Gasteiger partial charge in [-0.15, -0.1) is 0 Å². The van der Waals surface area contributed by atoms with Crippen LogP contribution in [0.4, 0.5) is 22.0 Å². The molecule has 0 aromatic heterocycles. The van der Waals surface area contributed by atoms with Gasteiger partial charge in [-0.1, -0.05) is 12.7 Å². The summed E-state index contributed by atoms with van der Waals surface area (Å²) in [7, 11) is 0. The van der Waals surface area contributed by atoms with Crippen LogP contribution >= 0.6 is 0 Å². The SMILES string of the molecule is C=C1CC[C@@H](O)C/C(C(F)(F)F)=C\C=C1Oc1cc(F)cc(F)c1. The minimum Gasteiger partial charge on any atom is -0.457 e. The van der Waals surface area contributed by atoms with E-state index in [2.05, 4.69) is 6.58 Å². The number of benzene rings is 1. The van der Waals surface area contributed by atoms with Gasteiger partial charge in [0.15, 0.2) is 0 Å². The molecular formula is C17H15F5O2. The Morgan fingerprint density at radius 2 is 1.71 bits per heavy atom. The molecule has 0 aliphatic heterocycles. The van der Waals surface area contributed by atoms with E-state index in [4.69, 9.17) is 4.74 Å². The van der Waals surface area contributed by atoms with E-state index in [1.165, 1.54) is 0 Å². The van der Waals surface area contributed by atoms with Crippen molar-refractivity contribution in [1.82, 2.24) is 0 Å². The molecule has 1 aliphatic carbocycles. The Morgan fingerprint density at radius 1 is 1.08 bits per heavy atom. The van der Waals surface area contributed by atoms with Gasteiger partial charge in [0, 0.05) is 30.2 Å². The Kier molecular flexibility index (Phi) is 5.43. The van der Waals surface area contributed by atoms with E-state index in [9.17, 15) is 27.1 Å². The standard InChI is InChI=1S/C17H15F5O2/c1-10-2-4-14(23)6-11(17(20,21)22)3-5-16(10)24-15-8-12(18)7-13(19)9-15/h3,5,7-9,14,23H,1-2,4,6H2/b11-3+,16-5?/t14-/m1/s1. The second-order valence-corrected chi connectivity index (χ2v) is 5.43. The van der Waals surface area contributed by atoms with Gasteiger partial charge in [0.1, 0.15) is 23.1 Å². The van der Waals surface area contributed by atoms with Gasteiger partial charge in [0.2, 0.25) is 0 Å². The van der Waals surface area contributed by atoms with Gasteiger partial charge in [-0.05, 0) is 24.5 Å². The number of halogens is 5. The van der Waals surface area contributed by atoms with Gasteiger partial charge in [-0.3, -0.25) is 0 Å². The summed E-state index contributed by atoms with van der Waals surface area (Å²) in [6.07, 6.45) is -4.24. The number of allylic oxidation sites excluding steroid dienone is 3. The highest BCUT2D eigenvalue weighted by Gasteiger charge is 2.34. The van der Waals surface area contributed by atoms with Crippen LogP contribution in [0.25, 0.3) is 0 Å². The van der Waals surface area contributed by atoms with Crippen LogP contribution in [-0.4, -0.2) is 17.4 Å². The second-order valence-electron chi connectivity index (χ2n) is 5.43. The number of hydrogen-bond acceptors (Lipinski definition) is 2. The van der Waals surface area contributed by atoms with Crippen molar-refractivity contribution in [3.05, 3.63) is 65.5 Å². The molecule has 0 radical (unpaired) electrons. The first kappa shape index (κ1) is 18.2. The lowest BCUT2D eigenvalue weighted by atomic mass is 10.0. The van der Waals surface area contributed by atoms with Crippen molar-refractivity contribution in [2.24, 2.45) is 0 Å². The van der Waals surface area contributed by atoms with Crippen LogP contribution in [0.2, 0.25) is 0 Å². The van der Waals surface area contributed by atoms with Gasteiger partial charge in [0.25, 0.3) is 0 Å². The van der Waals surface area contributed by atoms with E-state index in [0.717, 1.165) is 24.3 Å². The lowest BCUT2D eigenvalue weighted by molar-refractivity contribution is -0.0971. The van der Waals surface area contributed by atoms with E-state index in [0.29, 0.717) is 11.6 Å². The molecule has 0 saturated carbocycles. The summed E-state index contributed by atoms with van der Waals surface area (Å²) in [5.41, 5.74) is -0.602. The molecule has 0 unspecified atom stereocenters. The summed E-state index contributed by atoms with van der Waals surface area (Å²) in [6, 6.07) is 2.47. The fraction of sp³-hybridized carbons (Fsp3) is 0.294. The molecule has 0 amide bonds.